The number of rotatable bonds is 4. The molecule has 130 valence electrons. The summed E-state index contributed by atoms with van der Waals surface area (Å²) >= 11 is 6.11. The maximum Gasteiger partial charge on any atom is 0.315 e. The van der Waals surface area contributed by atoms with E-state index in [1.54, 1.807) is 0 Å². The van der Waals surface area contributed by atoms with Gasteiger partial charge in [-0.05, 0) is 17.7 Å². The Bertz CT molecular complexity index is 790. The zero-order valence-electron chi connectivity index (χ0n) is 13.7. The number of fused-ring (bicyclic) bond motifs is 2. The summed E-state index contributed by atoms with van der Waals surface area (Å²) in [5, 5.41) is 6.40. The minimum Gasteiger partial charge on any atom is -0.493 e. The molecule has 2 heterocycles. The highest BCUT2D eigenvalue weighted by Gasteiger charge is 2.26. The van der Waals surface area contributed by atoms with E-state index >= 15 is 0 Å². The molecule has 0 saturated carbocycles. The van der Waals surface area contributed by atoms with Crippen LogP contribution in [0.25, 0.3) is 0 Å². The summed E-state index contributed by atoms with van der Waals surface area (Å²) in [5.41, 5.74) is 4.23. The lowest BCUT2D eigenvalue weighted by atomic mass is 9.99. The molecule has 2 aliphatic rings. The van der Waals surface area contributed by atoms with Gasteiger partial charge in [-0.15, -0.1) is 0 Å². The van der Waals surface area contributed by atoms with Crippen molar-refractivity contribution in [3.63, 3.8) is 0 Å². The third-order valence-corrected chi connectivity index (χ3v) is 4.95. The number of benzene rings is 2. The molecule has 0 aliphatic carbocycles. The van der Waals surface area contributed by atoms with E-state index in [-0.39, 0.29) is 6.03 Å². The first-order valence-corrected chi connectivity index (χ1v) is 8.78. The number of urea groups is 1. The summed E-state index contributed by atoms with van der Waals surface area (Å²) in [4.78, 5) is 12.2. The molecule has 0 aromatic heterocycles. The summed E-state index contributed by atoms with van der Waals surface area (Å²) < 4.78 is 11.5. The molecule has 2 amide bonds. The molecule has 0 radical (unpaired) electrons. The van der Waals surface area contributed by atoms with Gasteiger partial charge in [-0.3, -0.25) is 0 Å². The minimum atomic E-state index is -0.233. The fourth-order valence-electron chi connectivity index (χ4n) is 3.32. The molecule has 25 heavy (non-hydrogen) atoms. The largest absolute Gasteiger partial charge is 0.493 e. The Morgan fingerprint density at radius 1 is 1.08 bits per heavy atom. The lowest BCUT2D eigenvalue weighted by Crippen LogP contribution is -2.34. The summed E-state index contributed by atoms with van der Waals surface area (Å²) in [7, 11) is 0. The zero-order chi connectivity index (χ0) is 17.2. The SMILES string of the molecule is O=C(NCc1ccccc1Cl)NCc1c2c(cc3c1OCC3)OCC2. The number of halogens is 1. The molecule has 2 aromatic rings. The van der Waals surface area contributed by atoms with Crippen molar-refractivity contribution in [2.24, 2.45) is 0 Å². The van der Waals surface area contributed by atoms with Crippen molar-refractivity contribution in [3.05, 3.63) is 57.6 Å². The Labute approximate surface area is 151 Å². The van der Waals surface area contributed by atoms with E-state index in [1.165, 1.54) is 0 Å². The van der Waals surface area contributed by atoms with Crippen molar-refractivity contribution in [1.82, 2.24) is 10.6 Å². The van der Waals surface area contributed by atoms with Gasteiger partial charge in [0.05, 0.1) is 13.2 Å². The standard InChI is InChI=1S/C19H19ClN2O3/c20-16-4-2-1-3-13(16)10-21-19(23)22-11-15-14-6-8-24-17(14)9-12-5-7-25-18(12)15/h1-4,9H,5-8,10-11H2,(H2,21,22,23). The van der Waals surface area contributed by atoms with E-state index in [0.717, 1.165) is 46.6 Å². The van der Waals surface area contributed by atoms with Gasteiger partial charge in [0.1, 0.15) is 11.5 Å². The molecular weight excluding hydrogens is 340 g/mol. The quantitative estimate of drug-likeness (QED) is 0.882. The van der Waals surface area contributed by atoms with Gasteiger partial charge in [0.25, 0.3) is 0 Å². The van der Waals surface area contributed by atoms with Gasteiger partial charge in [0.15, 0.2) is 0 Å². The predicted octanol–water partition coefficient (Wildman–Crippen LogP) is 3.21. The predicted molar refractivity (Wildman–Crippen MR) is 95.4 cm³/mol. The van der Waals surface area contributed by atoms with E-state index < -0.39 is 0 Å². The van der Waals surface area contributed by atoms with E-state index in [2.05, 4.69) is 16.7 Å². The first-order valence-electron chi connectivity index (χ1n) is 8.40. The average Bonchev–Trinajstić information content (AvgIpc) is 3.26. The Kier molecular flexibility index (Phi) is 4.40. The minimum absolute atomic E-state index is 0.233. The molecule has 0 spiro atoms. The van der Waals surface area contributed by atoms with Crippen molar-refractivity contribution in [2.75, 3.05) is 13.2 Å². The van der Waals surface area contributed by atoms with Gasteiger partial charge < -0.3 is 20.1 Å². The summed E-state index contributed by atoms with van der Waals surface area (Å²) in [6, 6.07) is 9.31. The molecular formula is C19H19ClN2O3. The molecule has 0 atom stereocenters. The number of carbonyl (C=O) groups is 1. The second-order valence-corrected chi connectivity index (χ2v) is 6.55. The van der Waals surface area contributed by atoms with Crippen LogP contribution in [0.15, 0.2) is 30.3 Å². The summed E-state index contributed by atoms with van der Waals surface area (Å²) in [6.07, 6.45) is 1.74. The molecule has 6 heteroatoms. The van der Waals surface area contributed by atoms with E-state index in [9.17, 15) is 4.79 Å². The van der Waals surface area contributed by atoms with Crippen molar-refractivity contribution in [3.8, 4) is 11.5 Å². The first kappa shape index (κ1) is 16.1. The van der Waals surface area contributed by atoms with Gasteiger partial charge in [-0.25, -0.2) is 4.79 Å². The van der Waals surface area contributed by atoms with Crippen LogP contribution in [0.2, 0.25) is 5.02 Å². The number of amides is 2. The number of carbonyl (C=O) groups excluding carboxylic acids is 1. The number of nitrogens with one attached hydrogen (secondary N) is 2. The van der Waals surface area contributed by atoms with Crippen LogP contribution >= 0.6 is 11.6 Å². The number of hydrogen-bond acceptors (Lipinski definition) is 3. The van der Waals surface area contributed by atoms with Gasteiger partial charge in [0, 0.05) is 47.6 Å². The fraction of sp³-hybridized carbons (Fsp3) is 0.316. The lowest BCUT2D eigenvalue weighted by Gasteiger charge is -2.14. The third-order valence-electron chi connectivity index (χ3n) is 4.58. The Hall–Kier alpha value is -2.40. The van der Waals surface area contributed by atoms with Crippen LogP contribution in [0.3, 0.4) is 0 Å². The van der Waals surface area contributed by atoms with Crippen molar-refractivity contribution >= 4 is 17.6 Å². The van der Waals surface area contributed by atoms with Crippen molar-refractivity contribution in [2.45, 2.75) is 25.9 Å². The van der Waals surface area contributed by atoms with Crippen molar-refractivity contribution in [1.29, 1.82) is 0 Å². The van der Waals surface area contributed by atoms with E-state index in [1.807, 2.05) is 24.3 Å². The van der Waals surface area contributed by atoms with E-state index in [0.29, 0.717) is 31.3 Å². The smallest absolute Gasteiger partial charge is 0.315 e. The highest BCUT2D eigenvalue weighted by molar-refractivity contribution is 6.31. The van der Waals surface area contributed by atoms with Crippen LogP contribution in [0, 0.1) is 0 Å². The monoisotopic (exact) mass is 358 g/mol. The zero-order valence-corrected chi connectivity index (χ0v) is 14.5. The molecule has 0 saturated heterocycles. The van der Waals surface area contributed by atoms with Gasteiger partial charge in [0.2, 0.25) is 0 Å². The fourth-order valence-corrected chi connectivity index (χ4v) is 3.52. The summed E-state index contributed by atoms with van der Waals surface area (Å²) in [5.74, 6) is 1.84. The number of hydrogen-bond donors (Lipinski definition) is 2. The highest BCUT2D eigenvalue weighted by atomic mass is 35.5. The van der Waals surface area contributed by atoms with Crippen LogP contribution in [0.1, 0.15) is 22.3 Å². The van der Waals surface area contributed by atoms with Crippen LogP contribution in [-0.4, -0.2) is 19.2 Å². The average molecular weight is 359 g/mol. The molecule has 0 fully saturated rings. The number of ether oxygens (including phenoxy) is 2. The van der Waals surface area contributed by atoms with E-state index in [4.69, 9.17) is 21.1 Å². The maximum atomic E-state index is 12.2. The van der Waals surface area contributed by atoms with Gasteiger partial charge in [-0.2, -0.15) is 0 Å². The van der Waals surface area contributed by atoms with Gasteiger partial charge in [-0.1, -0.05) is 29.8 Å². The second kappa shape index (κ2) is 6.84. The van der Waals surface area contributed by atoms with Crippen molar-refractivity contribution < 1.29 is 14.3 Å². The maximum absolute atomic E-state index is 12.2. The Balaban J connectivity index is 1.42. The molecule has 4 rings (SSSR count). The molecule has 2 aromatic carbocycles. The van der Waals surface area contributed by atoms with Crippen LogP contribution in [-0.2, 0) is 25.9 Å². The highest BCUT2D eigenvalue weighted by Crippen LogP contribution is 2.40. The first-order chi connectivity index (χ1) is 12.2. The summed E-state index contributed by atoms with van der Waals surface area (Å²) in [6.45, 7) is 2.17. The van der Waals surface area contributed by atoms with Crippen LogP contribution < -0.4 is 20.1 Å². The lowest BCUT2D eigenvalue weighted by molar-refractivity contribution is 0.240. The van der Waals surface area contributed by atoms with Gasteiger partial charge >= 0.3 is 6.03 Å². The molecule has 5 nitrogen and oxygen atoms in total. The molecule has 2 aliphatic heterocycles. The Morgan fingerprint density at radius 3 is 2.76 bits per heavy atom. The second-order valence-electron chi connectivity index (χ2n) is 6.14. The normalized spacial score (nSPS) is 14.3. The third kappa shape index (κ3) is 3.24. The molecule has 2 N–H and O–H groups in total. The van der Waals surface area contributed by atoms with Crippen LogP contribution in [0.5, 0.6) is 11.5 Å². The Morgan fingerprint density at radius 2 is 1.88 bits per heavy atom. The molecule has 0 bridgehead atoms. The molecule has 0 unspecified atom stereocenters. The topological polar surface area (TPSA) is 59.6 Å². The van der Waals surface area contributed by atoms with Crippen LogP contribution in [0.4, 0.5) is 4.79 Å².